The number of nitrogens with zero attached hydrogens (tertiary/aromatic N) is 2. The first kappa shape index (κ1) is 20.6. The third-order valence-electron chi connectivity index (χ3n) is 4.99. The molecule has 0 atom stereocenters. The van der Waals surface area contributed by atoms with Gasteiger partial charge in [-0.05, 0) is 54.8 Å². The third-order valence-corrected chi connectivity index (χ3v) is 5.23. The summed E-state index contributed by atoms with van der Waals surface area (Å²) in [5.41, 5.74) is 3.77. The summed E-state index contributed by atoms with van der Waals surface area (Å²) < 4.78 is 0. The van der Waals surface area contributed by atoms with Crippen molar-refractivity contribution in [1.82, 2.24) is 9.97 Å². The zero-order chi connectivity index (χ0) is 21.8. The van der Waals surface area contributed by atoms with Crippen LogP contribution in [0.25, 0.3) is 22.3 Å². The van der Waals surface area contributed by atoms with Crippen LogP contribution in [-0.4, -0.2) is 20.8 Å². The second-order valence-corrected chi connectivity index (χ2v) is 7.50. The van der Waals surface area contributed by atoms with Crippen molar-refractivity contribution in [3.8, 4) is 11.4 Å². The number of aromatic amines is 1. The number of nitro benzene ring substituents is 1. The number of nitrogens with one attached hydrogen (secondary N) is 2. The number of hydrogen-bond donors (Lipinski definition) is 2. The lowest BCUT2D eigenvalue weighted by molar-refractivity contribution is -0.383. The van der Waals surface area contributed by atoms with E-state index in [4.69, 9.17) is 11.6 Å². The van der Waals surface area contributed by atoms with E-state index >= 15 is 0 Å². The normalized spacial score (nSPS) is 10.9. The van der Waals surface area contributed by atoms with E-state index in [1.54, 1.807) is 18.3 Å². The minimum absolute atomic E-state index is 0.125. The highest BCUT2D eigenvalue weighted by molar-refractivity contribution is 6.31. The molecule has 7 nitrogen and oxygen atoms in total. The van der Waals surface area contributed by atoms with Crippen LogP contribution >= 0.6 is 11.6 Å². The van der Waals surface area contributed by atoms with E-state index in [1.807, 2.05) is 36.4 Å². The van der Waals surface area contributed by atoms with Crippen LogP contribution < -0.4 is 5.32 Å². The van der Waals surface area contributed by atoms with E-state index in [-0.39, 0.29) is 23.7 Å². The van der Waals surface area contributed by atoms with Crippen molar-refractivity contribution >= 4 is 39.8 Å². The van der Waals surface area contributed by atoms with Crippen LogP contribution in [0.15, 0.2) is 66.9 Å². The van der Waals surface area contributed by atoms with Crippen molar-refractivity contribution in [1.29, 1.82) is 0 Å². The fourth-order valence-electron chi connectivity index (χ4n) is 3.59. The van der Waals surface area contributed by atoms with Crippen molar-refractivity contribution in [2.45, 2.75) is 19.3 Å². The zero-order valence-electron chi connectivity index (χ0n) is 16.5. The van der Waals surface area contributed by atoms with Crippen molar-refractivity contribution in [3.63, 3.8) is 0 Å². The summed E-state index contributed by atoms with van der Waals surface area (Å²) in [7, 11) is 0. The molecule has 4 rings (SSSR count). The number of carbonyl (C=O) groups is 1. The monoisotopic (exact) mass is 434 g/mol. The number of aryl methyl sites for hydroxylation is 1. The van der Waals surface area contributed by atoms with Gasteiger partial charge in [-0.2, -0.15) is 0 Å². The van der Waals surface area contributed by atoms with Crippen LogP contribution in [0.4, 0.5) is 11.4 Å². The molecule has 0 saturated carbocycles. The van der Waals surface area contributed by atoms with Crippen molar-refractivity contribution in [2.75, 3.05) is 5.32 Å². The van der Waals surface area contributed by atoms with Gasteiger partial charge in [-0.1, -0.05) is 29.8 Å². The Morgan fingerprint density at radius 2 is 1.94 bits per heavy atom. The highest BCUT2D eigenvalue weighted by atomic mass is 35.5. The molecule has 1 amide bonds. The molecular weight excluding hydrogens is 416 g/mol. The van der Waals surface area contributed by atoms with E-state index in [2.05, 4.69) is 15.3 Å². The Bertz CT molecular complexity index is 1250. The number of benzene rings is 2. The molecule has 4 aromatic rings. The third kappa shape index (κ3) is 4.57. The molecule has 2 aromatic heterocycles. The summed E-state index contributed by atoms with van der Waals surface area (Å²) in [4.78, 5) is 30.9. The first-order valence-corrected chi connectivity index (χ1v) is 10.2. The van der Waals surface area contributed by atoms with Crippen LogP contribution in [0.2, 0.25) is 5.02 Å². The zero-order valence-corrected chi connectivity index (χ0v) is 17.2. The first-order valence-electron chi connectivity index (χ1n) is 9.77. The van der Waals surface area contributed by atoms with Gasteiger partial charge in [-0.3, -0.25) is 19.9 Å². The molecule has 0 fully saturated rings. The fourth-order valence-corrected chi connectivity index (χ4v) is 3.76. The number of carbonyl (C=O) groups excluding carboxylic acids is 1. The first-order chi connectivity index (χ1) is 15.0. The average molecular weight is 435 g/mol. The van der Waals surface area contributed by atoms with Gasteiger partial charge in [0.05, 0.1) is 16.3 Å². The van der Waals surface area contributed by atoms with E-state index in [0.717, 1.165) is 27.9 Å². The van der Waals surface area contributed by atoms with E-state index < -0.39 is 4.92 Å². The minimum Gasteiger partial charge on any atom is -0.353 e. The summed E-state index contributed by atoms with van der Waals surface area (Å²) in [5.74, 6) is -0.272. The summed E-state index contributed by atoms with van der Waals surface area (Å²) >= 11 is 6.21. The maximum atomic E-state index is 12.4. The minimum atomic E-state index is -0.509. The van der Waals surface area contributed by atoms with Crippen molar-refractivity contribution in [2.24, 2.45) is 0 Å². The number of anilines is 1. The molecular formula is C23H19ClN4O3. The Balaban J connectivity index is 1.52. The lowest BCUT2D eigenvalue weighted by atomic mass is 10.0. The predicted octanol–water partition coefficient (Wildman–Crippen LogP) is 5.75. The van der Waals surface area contributed by atoms with Gasteiger partial charge < -0.3 is 10.3 Å². The molecule has 0 saturated heterocycles. The van der Waals surface area contributed by atoms with Gasteiger partial charge in [-0.25, -0.2) is 0 Å². The number of rotatable bonds is 7. The summed E-state index contributed by atoms with van der Waals surface area (Å²) in [6, 6.07) is 17.5. The Morgan fingerprint density at radius 3 is 2.71 bits per heavy atom. The van der Waals surface area contributed by atoms with Gasteiger partial charge in [-0.15, -0.1) is 0 Å². The lowest BCUT2D eigenvalue weighted by Crippen LogP contribution is -2.12. The summed E-state index contributed by atoms with van der Waals surface area (Å²) in [6.07, 6.45) is 3.14. The van der Waals surface area contributed by atoms with Gasteiger partial charge >= 0.3 is 0 Å². The molecule has 0 aliphatic heterocycles. The lowest BCUT2D eigenvalue weighted by Gasteiger charge is -2.07. The summed E-state index contributed by atoms with van der Waals surface area (Å²) in [5, 5.41) is 15.4. The molecule has 2 aromatic carbocycles. The number of pyridine rings is 1. The molecule has 0 bridgehead atoms. The van der Waals surface area contributed by atoms with E-state index in [1.165, 1.54) is 12.1 Å². The van der Waals surface area contributed by atoms with Crippen LogP contribution in [-0.2, 0) is 11.2 Å². The maximum Gasteiger partial charge on any atom is 0.292 e. The number of hydrogen-bond acceptors (Lipinski definition) is 4. The van der Waals surface area contributed by atoms with Crippen LogP contribution in [0.5, 0.6) is 0 Å². The molecule has 0 aliphatic carbocycles. The van der Waals surface area contributed by atoms with Gasteiger partial charge in [0.25, 0.3) is 5.69 Å². The molecule has 0 aliphatic rings. The molecule has 2 N–H and O–H groups in total. The van der Waals surface area contributed by atoms with Gasteiger partial charge in [0, 0.05) is 34.6 Å². The van der Waals surface area contributed by atoms with Gasteiger partial charge in [0.2, 0.25) is 5.91 Å². The van der Waals surface area contributed by atoms with Crippen LogP contribution in [0.1, 0.15) is 18.4 Å². The molecule has 31 heavy (non-hydrogen) atoms. The SMILES string of the molecule is O=C(CCCc1c(-c2ccccn2)[nH]c2ccc(Cl)cc12)Nc1ccccc1[N+](=O)[O-]. The van der Waals surface area contributed by atoms with Crippen LogP contribution in [0, 0.1) is 10.1 Å². The van der Waals surface area contributed by atoms with Crippen molar-refractivity contribution < 1.29 is 9.72 Å². The standard InChI is InChI=1S/C23H19ClN4O3/c24-15-11-12-18-17(14-15)16(23(27-18)20-8-3-4-13-25-20)6-5-10-22(29)26-19-7-1-2-9-21(19)28(30)31/h1-4,7-9,11-14,27H,5-6,10H2,(H,26,29). The second kappa shape index (κ2) is 8.97. The number of H-pyrrole nitrogens is 1. The maximum absolute atomic E-state index is 12.4. The molecule has 0 unspecified atom stereocenters. The molecule has 0 spiro atoms. The molecule has 2 heterocycles. The quantitative estimate of drug-likeness (QED) is 0.285. The topological polar surface area (TPSA) is 101 Å². The molecule has 156 valence electrons. The highest BCUT2D eigenvalue weighted by Crippen LogP contribution is 2.32. The molecule has 8 heteroatoms. The smallest absolute Gasteiger partial charge is 0.292 e. The molecule has 0 radical (unpaired) electrons. The van der Waals surface area contributed by atoms with E-state index in [0.29, 0.717) is 17.9 Å². The predicted molar refractivity (Wildman–Crippen MR) is 121 cm³/mol. The van der Waals surface area contributed by atoms with E-state index in [9.17, 15) is 14.9 Å². The van der Waals surface area contributed by atoms with Crippen molar-refractivity contribution in [3.05, 3.63) is 87.6 Å². The highest BCUT2D eigenvalue weighted by Gasteiger charge is 2.17. The summed E-state index contributed by atoms with van der Waals surface area (Å²) in [6.45, 7) is 0. The Hall–Kier alpha value is -3.71. The number of para-hydroxylation sites is 2. The van der Waals surface area contributed by atoms with Gasteiger partial charge in [0.1, 0.15) is 5.69 Å². The second-order valence-electron chi connectivity index (χ2n) is 7.06. The number of nitro groups is 1. The number of amides is 1. The fraction of sp³-hybridized carbons (Fsp3) is 0.130. The largest absolute Gasteiger partial charge is 0.353 e. The number of halogens is 1. The Kier molecular flexibility index (Phi) is 5.95. The van der Waals surface area contributed by atoms with Crippen LogP contribution in [0.3, 0.4) is 0 Å². The number of fused-ring (bicyclic) bond motifs is 1. The Labute approximate surface area is 183 Å². The Morgan fingerprint density at radius 1 is 1.13 bits per heavy atom. The van der Waals surface area contributed by atoms with Gasteiger partial charge in [0.15, 0.2) is 0 Å². The average Bonchev–Trinajstić information content (AvgIpc) is 3.12. The number of aromatic nitrogens is 2.